The predicted octanol–water partition coefficient (Wildman–Crippen LogP) is 1.79. The topological polar surface area (TPSA) is 28.2 Å². The Balaban J connectivity index is 1.82. The summed E-state index contributed by atoms with van der Waals surface area (Å²) in [6.45, 7) is 5.12. The van der Waals surface area contributed by atoms with E-state index in [1.54, 1.807) is 0 Å². The second-order valence-electron chi connectivity index (χ2n) is 4.64. The molecule has 1 aromatic rings. The van der Waals surface area contributed by atoms with Gasteiger partial charge in [-0.1, -0.05) is 13.0 Å². The van der Waals surface area contributed by atoms with Gasteiger partial charge in [-0.2, -0.15) is 0 Å². The van der Waals surface area contributed by atoms with Crippen LogP contribution in [0.3, 0.4) is 0 Å². The van der Waals surface area contributed by atoms with Crippen molar-refractivity contribution in [1.82, 2.24) is 15.2 Å². The van der Waals surface area contributed by atoms with Crippen molar-refractivity contribution < 1.29 is 0 Å². The summed E-state index contributed by atoms with van der Waals surface area (Å²) in [4.78, 5) is 6.74. The summed E-state index contributed by atoms with van der Waals surface area (Å²) in [5, 5.41) is 3.49. The monoisotopic (exact) mass is 219 g/mol. The van der Waals surface area contributed by atoms with E-state index in [-0.39, 0.29) is 0 Å². The van der Waals surface area contributed by atoms with Gasteiger partial charge in [0.1, 0.15) is 0 Å². The first-order chi connectivity index (χ1) is 7.78. The second kappa shape index (κ2) is 5.41. The Hall–Kier alpha value is -0.930. The van der Waals surface area contributed by atoms with E-state index in [0.29, 0.717) is 0 Å². The van der Waals surface area contributed by atoms with E-state index in [2.05, 4.69) is 41.3 Å². The molecule has 1 saturated carbocycles. The first-order valence-electron chi connectivity index (χ1n) is 6.13. The lowest BCUT2D eigenvalue weighted by Crippen LogP contribution is -2.18. The van der Waals surface area contributed by atoms with Crippen LogP contribution in [-0.2, 0) is 13.1 Å². The Kier molecular flexibility index (Phi) is 3.91. The minimum Gasteiger partial charge on any atom is -0.310 e. The van der Waals surface area contributed by atoms with Crippen LogP contribution in [0.5, 0.6) is 0 Å². The summed E-state index contributed by atoms with van der Waals surface area (Å²) < 4.78 is 0. The van der Waals surface area contributed by atoms with Crippen LogP contribution in [0.4, 0.5) is 0 Å². The van der Waals surface area contributed by atoms with Crippen LogP contribution < -0.4 is 5.32 Å². The molecule has 1 fully saturated rings. The van der Waals surface area contributed by atoms with E-state index >= 15 is 0 Å². The van der Waals surface area contributed by atoms with Gasteiger partial charge >= 0.3 is 0 Å². The van der Waals surface area contributed by atoms with Crippen LogP contribution >= 0.6 is 0 Å². The summed E-state index contributed by atoms with van der Waals surface area (Å²) in [5.41, 5.74) is 2.44. The third-order valence-corrected chi connectivity index (χ3v) is 3.03. The third kappa shape index (κ3) is 3.58. The van der Waals surface area contributed by atoms with Crippen LogP contribution in [-0.4, -0.2) is 29.5 Å². The fourth-order valence-corrected chi connectivity index (χ4v) is 1.59. The molecule has 16 heavy (non-hydrogen) atoms. The number of rotatable bonds is 6. The highest BCUT2D eigenvalue weighted by molar-refractivity contribution is 5.14. The molecule has 3 nitrogen and oxygen atoms in total. The minimum absolute atomic E-state index is 0.769. The van der Waals surface area contributed by atoms with Crippen molar-refractivity contribution in [2.24, 2.45) is 0 Å². The molecule has 1 N–H and O–H groups in total. The minimum atomic E-state index is 0.769. The Morgan fingerprint density at radius 3 is 2.81 bits per heavy atom. The molecule has 2 rings (SSSR count). The fraction of sp³-hybridized carbons (Fsp3) is 0.615. The van der Waals surface area contributed by atoms with Gasteiger partial charge in [-0.3, -0.25) is 4.98 Å². The molecule has 0 aromatic carbocycles. The number of hydrogen-bond donors (Lipinski definition) is 1. The quantitative estimate of drug-likeness (QED) is 0.790. The SMILES string of the molecule is CCN(C)Cc1ccc(CNC2CC2)cn1. The number of nitrogens with zero attached hydrogens (tertiary/aromatic N) is 2. The van der Waals surface area contributed by atoms with E-state index < -0.39 is 0 Å². The van der Waals surface area contributed by atoms with E-state index in [1.165, 1.54) is 18.4 Å². The Bertz CT molecular complexity index is 316. The molecule has 0 radical (unpaired) electrons. The van der Waals surface area contributed by atoms with Crippen molar-refractivity contribution in [2.45, 2.75) is 38.9 Å². The molecule has 0 unspecified atom stereocenters. The number of nitrogens with one attached hydrogen (secondary N) is 1. The molecule has 1 aliphatic carbocycles. The molecule has 0 saturated heterocycles. The first kappa shape index (κ1) is 11.6. The normalized spacial score (nSPS) is 15.7. The first-order valence-corrected chi connectivity index (χ1v) is 6.13. The molecule has 0 bridgehead atoms. The average Bonchev–Trinajstić information content (AvgIpc) is 3.12. The summed E-state index contributed by atoms with van der Waals surface area (Å²) >= 11 is 0. The van der Waals surface area contributed by atoms with E-state index in [4.69, 9.17) is 0 Å². The van der Waals surface area contributed by atoms with Crippen molar-refractivity contribution in [3.63, 3.8) is 0 Å². The lowest BCUT2D eigenvalue weighted by Gasteiger charge is -2.13. The Morgan fingerprint density at radius 2 is 2.25 bits per heavy atom. The van der Waals surface area contributed by atoms with Gasteiger partial charge in [0, 0.05) is 25.3 Å². The summed E-state index contributed by atoms with van der Waals surface area (Å²) in [7, 11) is 2.12. The van der Waals surface area contributed by atoms with Crippen molar-refractivity contribution >= 4 is 0 Å². The van der Waals surface area contributed by atoms with Gasteiger partial charge < -0.3 is 10.2 Å². The third-order valence-electron chi connectivity index (χ3n) is 3.03. The molecule has 1 aromatic heterocycles. The van der Waals surface area contributed by atoms with Crippen LogP contribution in [0.2, 0.25) is 0 Å². The largest absolute Gasteiger partial charge is 0.310 e. The van der Waals surface area contributed by atoms with Gasteiger partial charge in [0.15, 0.2) is 0 Å². The number of pyridine rings is 1. The van der Waals surface area contributed by atoms with Gasteiger partial charge in [-0.25, -0.2) is 0 Å². The molecule has 0 amide bonds. The van der Waals surface area contributed by atoms with Gasteiger partial charge in [0.05, 0.1) is 5.69 Å². The van der Waals surface area contributed by atoms with Crippen LogP contribution in [0.15, 0.2) is 18.3 Å². The molecular formula is C13H21N3. The number of hydrogen-bond acceptors (Lipinski definition) is 3. The molecule has 0 spiro atoms. The predicted molar refractivity (Wildman–Crippen MR) is 66.1 cm³/mol. The zero-order valence-corrected chi connectivity index (χ0v) is 10.2. The smallest absolute Gasteiger partial charge is 0.0544 e. The number of aromatic nitrogens is 1. The lowest BCUT2D eigenvalue weighted by molar-refractivity contribution is 0.341. The second-order valence-corrected chi connectivity index (χ2v) is 4.64. The fourth-order valence-electron chi connectivity index (χ4n) is 1.59. The summed E-state index contributed by atoms with van der Waals surface area (Å²) in [5.74, 6) is 0. The maximum Gasteiger partial charge on any atom is 0.0544 e. The standard InChI is InChI=1S/C13H21N3/c1-3-16(2)10-13-5-4-11(9-15-13)8-14-12-6-7-12/h4-5,9,12,14H,3,6-8,10H2,1-2H3. The molecule has 0 atom stereocenters. The zero-order chi connectivity index (χ0) is 11.4. The van der Waals surface area contributed by atoms with Gasteiger partial charge in [0.25, 0.3) is 0 Å². The maximum absolute atomic E-state index is 4.48. The highest BCUT2D eigenvalue weighted by Gasteiger charge is 2.19. The van der Waals surface area contributed by atoms with Gasteiger partial charge in [0.2, 0.25) is 0 Å². The maximum atomic E-state index is 4.48. The van der Waals surface area contributed by atoms with Crippen molar-refractivity contribution in [3.8, 4) is 0 Å². The lowest BCUT2D eigenvalue weighted by atomic mass is 10.2. The molecule has 0 aliphatic heterocycles. The van der Waals surface area contributed by atoms with E-state index in [0.717, 1.165) is 31.4 Å². The highest BCUT2D eigenvalue weighted by atomic mass is 15.1. The zero-order valence-electron chi connectivity index (χ0n) is 10.2. The van der Waals surface area contributed by atoms with E-state index in [9.17, 15) is 0 Å². The molecular weight excluding hydrogens is 198 g/mol. The summed E-state index contributed by atoms with van der Waals surface area (Å²) in [6.07, 6.45) is 4.67. The van der Waals surface area contributed by atoms with Crippen LogP contribution in [0.1, 0.15) is 31.0 Å². The molecule has 1 aliphatic rings. The highest BCUT2D eigenvalue weighted by Crippen LogP contribution is 2.19. The van der Waals surface area contributed by atoms with Crippen LogP contribution in [0.25, 0.3) is 0 Å². The Labute approximate surface area is 97.9 Å². The Morgan fingerprint density at radius 1 is 1.44 bits per heavy atom. The van der Waals surface area contributed by atoms with Crippen molar-refractivity contribution in [3.05, 3.63) is 29.6 Å². The molecule has 88 valence electrons. The molecule has 3 heteroatoms. The van der Waals surface area contributed by atoms with Gasteiger partial charge in [-0.05, 0) is 38.1 Å². The van der Waals surface area contributed by atoms with Crippen LogP contribution in [0, 0.1) is 0 Å². The van der Waals surface area contributed by atoms with Gasteiger partial charge in [-0.15, -0.1) is 0 Å². The van der Waals surface area contributed by atoms with E-state index in [1.807, 2.05) is 6.20 Å². The van der Waals surface area contributed by atoms with Crippen molar-refractivity contribution in [1.29, 1.82) is 0 Å². The average molecular weight is 219 g/mol. The van der Waals surface area contributed by atoms with Crippen molar-refractivity contribution in [2.75, 3.05) is 13.6 Å². The summed E-state index contributed by atoms with van der Waals surface area (Å²) in [6, 6.07) is 5.09. The molecule has 1 heterocycles.